The van der Waals surface area contributed by atoms with E-state index in [2.05, 4.69) is 40.7 Å². The van der Waals surface area contributed by atoms with E-state index in [0.717, 1.165) is 61.3 Å². The summed E-state index contributed by atoms with van der Waals surface area (Å²) >= 11 is 0. The van der Waals surface area contributed by atoms with Gasteiger partial charge < -0.3 is 10.8 Å². The van der Waals surface area contributed by atoms with Gasteiger partial charge in [-0.25, -0.2) is 0 Å². The highest BCUT2D eigenvalue weighted by atomic mass is 16.3. The van der Waals surface area contributed by atoms with E-state index in [9.17, 15) is 5.11 Å². The summed E-state index contributed by atoms with van der Waals surface area (Å²) < 4.78 is 0. The van der Waals surface area contributed by atoms with Crippen LogP contribution in [0.25, 0.3) is 0 Å². The van der Waals surface area contributed by atoms with Gasteiger partial charge in [-0.2, -0.15) is 0 Å². The van der Waals surface area contributed by atoms with Crippen LogP contribution in [0.2, 0.25) is 0 Å². The second-order valence-electron chi connectivity index (χ2n) is 18.9. The molecule has 0 spiro atoms. The summed E-state index contributed by atoms with van der Waals surface area (Å²) in [4.78, 5) is 0. The first-order valence-electron chi connectivity index (χ1n) is 21.7. The van der Waals surface area contributed by atoms with Gasteiger partial charge in [-0.05, 0) is 117 Å². The number of hydrogen-bond donors (Lipinski definition) is 2. The molecule has 0 amide bonds. The Morgan fingerprint density at radius 3 is 1.83 bits per heavy atom. The molecule has 8 atom stereocenters. The molecule has 0 aromatic carbocycles. The van der Waals surface area contributed by atoms with Gasteiger partial charge in [0.25, 0.3) is 0 Å². The molecule has 2 nitrogen and oxygen atoms in total. The smallest absolute Gasteiger partial charge is 0.0685 e. The Kier molecular flexibility index (Phi) is 16.2. The topological polar surface area (TPSA) is 46.2 Å². The maximum atomic E-state index is 11.8. The molecule has 0 aromatic heterocycles. The van der Waals surface area contributed by atoms with Crippen molar-refractivity contribution in [2.75, 3.05) is 6.54 Å². The molecule has 0 bridgehead atoms. The van der Waals surface area contributed by atoms with Crippen molar-refractivity contribution < 1.29 is 5.11 Å². The van der Waals surface area contributed by atoms with Gasteiger partial charge in [0.05, 0.1) is 5.60 Å². The van der Waals surface area contributed by atoms with Crippen LogP contribution in [0.5, 0.6) is 0 Å². The lowest BCUT2D eigenvalue weighted by atomic mass is 9.46. The molecule has 3 fully saturated rings. The second-order valence-corrected chi connectivity index (χ2v) is 18.9. The van der Waals surface area contributed by atoms with Crippen molar-refractivity contribution in [3.05, 3.63) is 11.6 Å². The van der Waals surface area contributed by atoms with Crippen LogP contribution >= 0.6 is 0 Å². The van der Waals surface area contributed by atoms with E-state index in [1.807, 2.05) is 0 Å². The van der Waals surface area contributed by atoms with Crippen molar-refractivity contribution in [2.45, 2.75) is 220 Å². The van der Waals surface area contributed by atoms with Crippen LogP contribution in [-0.2, 0) is 0 Å². The highest BCUT2D eigenvalue weighted by molar-refractivity contribution is 5.27. The van der Waals surface area contributed by atoms with Crippen molar-refractivity contribution in [1.29, 1.82) is 0 Å². The van der Waals surface area contributed by atoms with Crippen molar-refractivity contribution in [3.8, 4) is 0 Å². The first-order chi connectivity index (χ1) is 22.6. The molecule has 0 radical (unpaired) electrons. The van der Waals surface area contributed by atoms with Crippen molar-refractivity contribution in [2.24, 2.45) is 52.1 Å². The molecule has 3 N–H and O–H groups in total. The van der Waals surface area contributed by atoms with Crippen LogP contribution in [0.15, 0.2) is 11.6 Å². The van der Waals surface area contributed by atoms with E-state index in [0.29, 0.717) is 10.8 Å². The monoisotopic (exact) mass is 654 g/mol. The maximum absolute atomic E-state index is 11.8. The molecule has 4 aliphatic rings. The lowest BCUT2D eigenvalue weighted by Crippen LogP contribution is -2.52. The number of rotatable bonds is 23. The van der Waals surface area contributed by atoms with Crippen molar-refractivity contribution >= 4 is 0 Å². The van der Waals surface area contributed by atoms with Gasteiger partial charge in [-0.3, -0.25) is 0 Å². The Morgan fingerprint density at radius 2 is 1.26 bits per heavy atom. The lowest BCUT2D eigenvalue weighted by molar-refractivity contribution is -0.0771. The summed E-state index contributed by atoms with van der Waals surface area (Å²) in [5.41, 5.74) is 7.73. The third-order valence-electron chi connectivity index (χ3n) is 15.1. The molecule has 0 aromatic rings. The van der Waals surface area contributed by atoms with Gasteiger partial charge in [0, 0.05) is 0 Å². The predicted molar refractivity (Wildman–Crippen MR) is 206 cm³/mol. The third kappa shape index (κ3) is 10.8. The van der Waals surface area contributed by atoms with Gasteiger partial charge in [-0.1, -0.05) is 162 Å². The Morgan fingerprint density at radius 1 is 0.681 bits per heavy atom. The van der Waals surface area contributed by atoms with E-state index in [-0.39, 0.29) is 0 Å². The zero-order valence-corrected chi connectivity index (χ0v) is 32.6. The molecule has 47 heavy (non-hydrogen) atoms. The van der Waals surface area contributed by atoms with Gasteiger partial charge in [0.1, 0.15) is 0 Å². The van der Waals surface area contributed by atoms with Crippen LogP contribution in [0.4, 0.5) is 0 Å². The highest BCUT2D eigenvalue weighted by Gasteiger charge is 2.59. The first kappa shape index (κ1) is 39.4. The van der Waals surface area contributed by atoms with Gasteiger partial charge in [-0.15, -0.1) is 0 Å². The van der Waals surface area contributed by atoms with E-state index in [1.54, 1.807) is 5.57 Å². The number of allylic oxidation sites excluding steroid dienone is 1. The Labute approximate surface area is 294 Å². The zero-order valence-electron chi connectivity index (χ0n) is 32.6. The Bertz CT molecular complexity index is 910. The van der Waals surface area contributed by atoms with Crippen LogP contribution in [-0.4, -0.2) is 17.3 Å². The van der Waals surface area contributed by atoms with Gasteiger partial charge >= 0.3 is 0 Å². The number of nitrogens with two attached hydrogens (primary N) is 1. The molecule has 1 unspecified atom stereocenters. The third-order valence-corrected chi connectivity index (χ3v) is 15.1. The molecule has 0 aliphatic heterocycles. The maximum Gasteiger partial charge on any atom is 0.0685 e. The summed E-state index contributed by atoms with van der Waals surface area (Å²) in [5.74, 6) is 5.36. The fraction of sp³-hybridized carbons (Fsp3) is 0.956. The fourth-order valence-electron chi connectivity index (χ4n) is 12.0. The molecule has 4 aliphatic carbocycles. The first-order valence-corrected chi connectivity index (χ1v) is 21.7. The minimum Gasteiger partial charge on any atom is -0.390 e. The van der Waals surface area contributed by atoms with E-state index in [1.165, 1.54) is 161 Å². The molecule has 274 valence electrons. The molecule has 0 saturated heterocycles. The van der Waals surface area contributed by atoms with Gasteiger partial charge in [0.2, 0.25) is 0 Å². The van der Waals surface area contributed by atoms with Crippen LogP contribution in [0.3, 0.4) is 0 Å². The Balaban J connectivity index is 1.10. The molecule has 2 heteroatoms. The van der Waals surface area contributed by atoms with Crippen LogP contribution < -0.4 is 5.73 Å². The molecule has 3 saturated carbocycles. The summed E-state index contributed by atoms with van der Waals surface area (Å²) in [6, 6.07) is 0. The normalized spacial score (nSPS) is 34.2. The largest absolute Gasteiger partial charge is 0.390 e. The minimum atomic E-state index is -0.435. The average Bonchev–Trinajstić information content (AvgIpc) is 3.40. The highest BCUT2D eigenvalue weighted by Crippen LogP contribution is 2.68. The second kappa shape index (κ2) is 19.3. The van der Waals surface area contributed by atoms with E-state index < -0.39 is 5.60 Å². The number of fused-ring (bicyclic) bond motifs is 5. The minimum absolute atomic E-state index is 0.349. The molecule has 0 heterocycles. The van der Waals surface area contributed by atoms with Gasteiger partial charge in [0.15, 0.2) is 0 Å². The Hall–Kier alpha value is -0.340. The molecular formula is C45H83NO. The fourth-order valence-corrected chi connectivity index (χ4v) is 12.0. The van der Waals surface area contributed by atoms with Crippen molar-refractivity contribution in [1.82, 2.24) is 0 Å². The van der Waals surface area contributed by atoms with Crippen LogP contribution in [0.1, 0.15) is 214 Å². The standard InChI is InChI=1S/C45H83NO/c1-36(2)23-22-24-37(3)40-27-28-41-39-26-25-38-35-45(47,33-32-43(38,4)42(39)29-31-44(40,41)5)30-20-18-16-14-12-10-8-6-7-9-11-13-15-17-19-21-34-46/h25,36-37,39-42,47H,6-24,26-35,46H2,1-5H3/t37-,39+,40-,41+,42+,43+,44-,45?/m1/s1. The zero-order chi connectivity index (χ0) is 33.8. The SMILES string of the molecule is CC(C)CCC[C@@H](C)[C@H]1CC[C@H]2[C@@H]3CC=C4CC(O)(CCCCCCCCCCCCCCCCCCN)CC[C@]4(C)[C@H]3CC[C@]12C. The van der Waals surface area contributed by atoms with Crippen LogP contribution in [0, 0.1) is 46.3 Å². The lowest BCUT2D eigenvalue weighted by Gasteiger charge is -2.59. The van der Waals surface area contributed by atoms with Crippen molar-refractivity contribution in [3.63, 3.8) is 0 Å². The van der Waals surface area contributed by atoms with E-state index >= 15 is 0 Å². The summed E-state index contributed by atoms with van der Waals surface area (Å²) in [6.45, 7) is 13.6. The summed E-state index contributed by atoms with van der Waals surface area (Å²) in [7, 11) is 0. The number of hydrogen-bond acceptors (Lipinski definition) is 2. The molecule has 4 rings (SSSR count). The number of unbranched alkanes of at least 4 members (excludes halogenated alkanes) is 15. The predicted octanol–water partition coefficient (Wildman–Crippen LogP) is 13.3. The quantitative estimate of drug-likeness (QED) is 0.0851. The molecular weight excluding hydrogens is 571 g/mol. The summed E-state index contributed by atoms with van der Waals surface area (Å²) in [5, 5.41) is 11.8. The van der Waals surface area contributed by atoms with E-state index in [4.69, 9.17) is 5.73 Å². The average molecular weight is 654 g/mol. The summed E-state index contributed by atoms with van der Waals surface area (Å²) in [6.07, 6.45) is 40.4. The number of aliphatic hydroxyl groups is 1.